The molecule has 0 saturated heterocycles. The van der Waals surface area contributed by atoms with Gasteiger partial charge in [0.05, 0.1) is 0 Å². The van der Waals surface area contributed by atoms with Gasteiger partial charge < -0.3 is 15.5 Å². The van der Waals surface area contributed by atoms with E-state index in [0.29, 0.717) is 25.2 Å². The summed E-state index contributed by atoms with van der Waals surface area (Å²) in [5.74, 6) is 0.475. The number of nitrogens with one attached hydrogen (secondary N) is 1. The lowest BCUT2D eigenvalue weighted by Crippen LogP contribution is -2.39. The predicted octanol–water partition coefficient (Wildman–Crippen LogP) is 1.85. The van der Waals surface area contributed by atoms with E-state index >= 15 is 0 Å². The first-order chi connectivity index (χ1) is 9.04. The van der Waals surface area contributed by atoms with Crippen LogP contribution in [0.3, 0.4) is 0 Å². The summed E-state index contributed by atoms with van der Waals surface area (Å²) in [5, 5.41) is 21.5. The molecule has 106 valence electrons. The van der Waals surface area contributed by atoms with Crippen LogP contribution in [0, 0.1) is 5.92 Å². The van der Waals surface area contributed by atoms with Crippen LogP contribution in [0.15, 0.2) is 24.3 Å². The third-order valence-electron chi connectivity index (χ3n) is 3.20. The van der Waals surface area contributed by atoms with Gasteiger partial charge in [0.2, 0.25) is 5.91 Å². The number of aliphatic hydroxyl groups excluding tert-OH is 1. The number of benzene rings is 1. The summed E-state index contributed by atoms with van der Waals surface area (Å²) in [4.78, 5) is 11.8. The Labute approximate surface area is 114 Å². The lowest BCUT2D eigenvalue weighted by Gasteiger charge is -2.21. The molecule has 0 spiro atoms. The highest BCUT2D eigenvalue weighted by Crippen LogP contribution is 2.17. The van der Waals surface area contributed by atoms with Gasteiger partial charge in [0.25, 0.3) is 0 Å². The molecule has 1 amide bonds. The predicted molar refractivity (Wildman–Crippen MR) is 74.9 cm³/mol. The smallest absolute Gasteiger partial charge is 0.220 e. The van der Waals surface area contributed by atoms with Gasteiger partial charge in [-0.05, 0) is 30.4 Å². The van der Waals surface area contributed by atoms with E-state index in [0.717, 1.165) is 5.56 Å². The minimum atomic E-state index is -0.0459. The molecule has 1 aromatic rings. The van der Waals surface area contributed by atoms with Crippen molar-refractivity contribution in [2.75, 3.05) is 6.61 Å². The molecular formula is C15H23NO3. The van der Waals surface area contributed by atoms with E-state index in [2.05, 4.69) is 5.32 Å². The molecule has 4 heteroatoms. The van der Waals surface area contributed by atoms with Crippen molar-refractivity contribution in [2.45, 2.75) is 39.2 Å². The van der Waals surface area contributed by atoms with Crippen LogP contribution in [0.2, 0.25) is 0 Å². The number of aromatic hydroxyl groups is 1. The summed E-state index contributed by atoms with van der Waals surface area (Å²) in [6.45, 7) is 4.11. The van der Waals surface area contributed by atoms with Crippen molar-refractivity contribution in [1.29, 1.82) is 0 Å². The van der Waals surface area contributed by atoms with Gasteiger partial charge in [-0.2, -0.15) is 0 Å². The number of carbonyl (C=O) groups excluding carboxylic acids is 1. The summed E-state index contributed by atoms with van der Waals surface area (Å²) < 4.78 is 0. The first kappa shape index (κ1) is 15.5. The fraction of sp³-hybridized carbons (Fsp3) is 0.533. The molecule has 0 aliphatic rings. The molecule has 1 aromatic carbocycles. The van der Waals surface area contributed by atoms with Crippen LogP contribution in [0.25, 0.3) is 0 Å². The summed E-state index contributed by atoms with van der Waals surface area (Å²) in [5.41, 5.74) is 0.779. The molecule has 0 saturated carbocycles. The fourth-order valence-corrected chi connectivity index (χ4v) is 1.96. The molecule has 1 rings (SSSR count). The highest BCUT2D eigenvalue weighted by Gasteiger charge is 2.15. The van der Waals surface area contributed by atoms with Gasteiger partial charge >= 0.3 is 0 Å². The Kier molecular flexibility index (Phi) is 6.36. The monoisotopic (exact) mass is 265 g/mol. The number of phenols is 1. The second-order valence-corrected chi connectivity index (χ2v) is 5.06. The molecule has 0 fully saturated rings. The SMILES string of the molecule is CC(C)C(CCO)NC(=O)CCc1ccccc1O. The van der Waals surface area contributed by atoms with Crippen LogP contribution in [-0.4, -0.2) is 28.8 Å². The molecule has 0 aliphatic carbocycles. The summed E-state index contributed by atoms with van der Waals surface area (Å²) >= 11 is 0. The van der Waals surface area contributed by atoms with Crippen molar-refractivity contribution in [3.8, 4) is 5.75 Å². The van der Waals surface area contributed by atoms with Crippen LogP contribution < -0.4 is 5.32 Å². The number of hydrogen-bond donors (Lipinski definition) is 3. The topological polar surface area (TPSA) is 69.6 Å². The quantitative estimate of drug-likeness (QED) is 0.704. The summed E-state index contributed by atoms with van der Waals surface area (Å²) in [6.07, 6.45) is 1.43. The van der Waals surface area contributed by atoms with Crippen LogP contribution in [0.5, 0.6) is 5.75 Å². The Balaban J connectivity index is 2.45. The standard InChI is InChI=1S/C15H23NO3/c1-11(2)13(9-10-17)16-15(19)8-7-12-5-3-4-6-14(12)18/h3-6,11,13,17-18H,7-10H2,1-2H3,(H,16,19). The normalized spacial score (nSPS) is 12.4. The maximum atomic E-state index is 11.8. The maximum absolute atomic E-state index is 11.8. The molecular weight excluding hydrogens is 242 g/mol. The van der Waals surface area contributed by atoms with Crippen LogP contribution >= 0.6 is 0 Å². The van der Waals surface area contributed by atoms with Crippen LogP contribution in [0.4, 0.5) is 0 Å². The Hall–Kier alpha value is -1.55. The van der Waals surface area contributed by atoms with Gasteiger partial charge in [-0.15, -0.1) is 0 Å². The van der Waals surface area contributed by atoms with E-state index in [1.807, 2.05) is 26.0 Å². The van der Waals surface area contributed by atoms with E-state index in [4.69, 9.17) is 5.11 Å². The van der Waals surface area contributed by atoms with Crippen molar-refractivity contribution in [2.24, 2.45) is 5.92 Å². The van der Waals surface area contributed by atoms with E-state index in [1.54, 1.807) is 12.1 Å². The largest absolute Gasteiger partial charge is 0.508 e. The number of aryl methyl sites for hydroxylation is 1. The third-order valence-corrected chi connectivity index (χ3v) is 3.20. The minimum Gasteiger partial charge on any atom is -0.508 e. The van der Waals surface area contributed by atoms with Gasteiger partial charge in [-0.3, -0.25) is 4.79 Å². The summed E-state index contributed by atoms with van der Waals surface area (Å²) in [6, 6.07) is 7.04. The highest BCUT2D eigenvalue weighted by molar-refractivity contribution is 5.76. The second-order valence-electron chi connectivity index (χ2n) is 5.06. The zero-order chi connectivity index (χ0) is 14.3. The number of para-hydroxylation sites is 1. The van der Waals surface area contributed by atoms with Gasteiger partial charge in [0, 0.05) is 19.1 Å². The molecule has 0 aliphatic heterocycles. The Morgan fingerprint density at radius 1 is 1.32 bits per heavy atom. The van der Waals surface area contributed by atoms with Gasteiger partial charge in [-0.1, -0.05) is 32.0 Å². The van der Waals surface area contributed by atoms with E-state index in [-0.39, 0.29) is 24.3 Å². The molecule has 0 heterocycles. The van der Waals surface area contributed by atoms with E-state index in [1.165, 1.54) is 0 Å². The number of phenolic OH excluding ortho intramolecular Hbond substituents is 1. The number of rotatable bonds is 7. The average molecular weight is 265 g/mol. The number of hydrogen-bond acceptors (Lipinski definition) is 3. The summed E-state index contributed by atoms with van der Waals surface area (Å²) in [7, 11) is 0. The van der Waals surface area contributed by atoms with Gasteiger partial charge in [-0.25, -0.2) is 0 Å². The maximum Gasteiger partial charge on any atom is 0.220 e. The van der Waals surface area contributed by atoms with Crippen molar-refractivity contribution < 1.29 is 15.0 Å². The number of amides is 1. The molecule has 3 N–H and O–H groups in total. The van der Waals surface area contributed by atoms with E-state index < -0.39 is 0 Å². The average Bonchev–Trinajstić information content (AvgIpc) is 2.37. The Morgan fingerprint density at radius 3 is 2.58 bits per heavy atom. The Bertz CT molecular complexity index is 404. The molecule has 4 nitrogen and oxygen atoms in total. The number of aliphatic hydroxyl groups is 1. The Morgan fingerprint density at radius 2 is 2.00 bits per heavy atom. The molecule has 0 aromatic heterocycles. The number of carbonyl (C=O) groups is 1. The first-order valence-electron chi connectivity index (χ1n) is 6.71. The van der Waals surface area contributed by atoms with Crippen molar-refractivity contribution in [3.05, 3.63) is 29.8 Å². The van der Waals surface area contributed by atoms with E-state index in [9.17, 15) is 9.90 Å². The fourth-order valence-electron chi connectivity index (χ4n) is 1.96. The van der Waals surface area contributed by atoms with Crippen molar-refractivity contribution >= 4 is 5.91 Å². The zero-order valence-electron chi connectivity index (χ0n) is 11.6. The molecule has 19 heavy (non-hydrogen) atoms. The molecule has 1 atom stereocenters. The van der Waals surface area contributed by atoms with Crippen molar-refractivity contribution in [1.82, 2.24) is 5.32 Å². The lowest BCUT2D eigenvalue weighted by atomic mass is 10.0. The second kappa shape index (κ2) is 7.79. The van der Waals surface area contributed by atoms with Crippen LogP contribution in [0.1, 0.15) is 32.3 Å². The van der Waals surface area contributed by atoms with Crippen LogP contribution in [-0.2, 0) is 11.2 Å². The molecule has 1 unspecified atom stereocenters. The highest BCUT2D eigenvalue weighted by atomic mass is 16.3. The van der Waals surface area contributed by atoms with Gasteiger partial charge in [0.15, 0.2) is 0 Å². The van der Waals surface area contributed by atoms with Gasteiger partial charge in [0.1, 0.15) is 5.75 Å². The van der Waals surface area contributed by atoms with Crippen molar-refractivity contribution in [3.63, 3.8) is 0 Å². The first-order valence-corrected chi connectivity index (χ1v) is 6.71. The molecule has 0 radical (unpaired) electrons. The minimum absolute atomic E-state index is 0.00173. The molecule has 0 bridgehead atoms. The lowest BCUT2D eigenvalue weighted by molar-refractivity contribution is -0.122. The zero-order valence-corrected chi connectivity index (χ0v) is 11.6. The third kappa shape index (κ3) is 5.30.